The fraction of sp³-hybridized carbons (Fsp3) is 0.105. The van der Waals surface area contributed by atoms with Gasteiger partial charge in [-0.05, 0) is 0 Å². The summed E-state index contributed by atoms with van der Waals surface area (Å²) in [5.41, 5.74) is 0.842. The van der Waals surface area contributed by atoms with Crippen molar-refractivity contribution >= 4 is 51.5 Å². The minimum Gasteiger partial charge on any atom is -0.282 e. The first-order valence-electron chi connectivity index (χ1n) is 8.49. The third-order valence-corrected chi connectivity index (χ3v) is 5.44. The lowest BCUT2D eigenvalue weighted by molar-refractivity contribution is -0.127. The Kier molecular flexibility index (Phi) is 8.74. The van der Waals surface area contributed by atoms with E-state index in [1.54, 1.807) is 60.7 Å². The highest BCUT2D eigenvalue weighted by Crippen LogP contribution is 2.14. The summed E-state index contributed by atoms with van der Waals surface area (Å²) in [4.78, 5) is 48.3. The van der Waals surface area contributed by atoms with E-state index in [2.05, 4.69) is 0 Å². The molecule has 0 aliphatic carbocycles. The number of carbonyl (C=O) groups is 4. The molecule has 0 aliphatic heterocycles. The van der Waals surface area contributed by atoms with E-state index in [0.29, 0.717) is 44.7 Å². The molecule has 0 aromatic heterocycles. The Hall–Kier alpha value is -2.99. The number of benzene rings is 2. The molecule has 0 radical (unpaired) electrons. The van der Waals surface area contributed by atoms with Crippen molar-refractivity contribution in [2.24, 2.45) is 11.7 Å². The predicted molar refractivity (Wildman–Crippen MR) is 116 cm³/mol. The maximum atomic E-state index is 12.1. The number of hydrogen-bond acceptors (Lipinski definition) is 9. The molecule has 0 bridgehead atoms. The molecule has 2 aromatic carbocycles. The van der Waals surface area contributed by atoms with Crippen LogP contribution in [0.5, 0.6) is 0 Å². The van der Waals surface area contributed by atoms with E-state index in [-0.39, 0.29) is 21.7 Å². The Morgan fingerprint density at radius 3 is 1.37 bits per heavy atom. The van der Waals surface area contributed by atoms with Crippen LogP contribution in [0.4, 0.5) is 0 Å². The molecule has 0 fully saturated rings. The molecule has 0 saturated carbocycles. The van der Waals surface area contributed by atoms with E-state index < -0.39 is 17.8 Å². The van der Waals surface area contributed by atoms with Crippen LogP contribution in [0.1, 0.15) is 20.7 Å². The average Bonchev–Trinajstić information content (AvgIpc) is 2.80. The summed E-state index contributed by atoms with van der Waals surface area (Å²) in [7, 11) is 0. The largest absolute Gasteiger partial charge is 0.282 e. The molecule has 2 aromatic rings. The van der Waals surface area contributed by atoms with Crippen LogP contribution in [0.15, 0.2) is 60.7 Å². The normalized spacial score (nSPS) is 10.2. The highest BCUT2D eigenvalue weighted by Gasteiger charge is 2.24. The summed E-state index contributed by atoms with van der Waals surface area (Å²) in [6, 6.07) is 16.7. The van der Waals surface area contributed by atoms with Crippen LogP contribution in [0.2, 0.25) is 0 Å². The Labute approximate surface area is 181 Å². The van der Waals surface area contributed by atoms with E-state index in [1.807, 2.05) is 0 Å². The summed E-state index contributed by atoms with van der Waals surface area (Å²) in [5.74, 6) is 8.10. The first-order valence-corrected chi connectivity index (χ1v) is 10.5. The SMILES string of the molecule is N=C(N(N)C(=O)CSC(=O)c1ccccc1)N(N)C(=O)CSC(=O)c1ccccc1. The fourth-order valence-corrected chi connectivity index (χ4v) is 3.45. The average molecular weight is 446 g/mol. The van der Waals surface area contributed by atoms with Crippen molar-refractivity contribution in [3.05, 3.63) is 71.8 Å². The first-order chi connectivity index (χ1) is 14.3. The fourth-order valence-electron chi connectivity index (χ4n) is 2.06. The highest BCUT2D eigenvalue weighted by molar-refractivity contribution is 8.14. The summed E-state index contributed by atoms with van der Waals surface area (Å²) < 4.78 is 0. The van der Waals surface area contributed by atoms with Crippen molar-refractivity contribution in [1.82, 2.24) is 10.0 Å². The summed E-state index contributed by atoms with van der Waals surface area (Å²) in [6.07, 6.45) is 0. The zero-order chi connectivity index (χ0) is 22.1. The van der Waals surface area contributed by atoms with Gasteiger partial charge in [0.25, 0.3) is 11.8 Å². The molecule has 11 heteroatoms. The van der Waals surface area contributed by atoms with Gasteiger partial charge in [0.1, 0.15) is 0 Å². The van der Waals surface area contributed by atoms with Gasteiger partial charge in [-0.25, -0.2) is 21.7 Å². The molecule has 2 rings (SSSR count). The van der Waals surface area contributed by atoms with E-state index in [1.165, 1.54) is 0 Å². The Morgan fingerprint density at radius 2 is 1.03 bits per heavy atom. The van der Waals surface area contributed by atoms with Gasteiger partial charge in [-0.2, -0.15) is 0 Å². The van der Waals surface area contributed by atoms with Gasteiger partial charge < -0.3 is 0 Å². The molecule has 0 spiro atoms. The number of nitrogens with one attached hydrogen (secondary N) is 1. The molecule has 9 nitrogen and oxygen atoms in total. The Balaban J connectivity index is 1.83. The molecule has 0 aliphatic rings. The van der Waals surface area contributed by atoms with Crippen molar-refractivity contribution in [3.63, 3.8) is 0 Å². The molecule has 0 unspecified atom stereocenters. The van der Waals surface area contributed by atoms with Gasteiger partial charge in [0.15, 0.2) is 0 Å². The van der Waals surface area contributed by atoms with Gasteiger partial charge in [0.05, 0.1) is 11.5 Å². The second-order valence-electron chi connectivity index (χ2n) is 5.74. The zero-order valence-corrected chi connectivity index (χ0v) is 17.3. The van der Waals surface area contributed by atoms with Crippen LogP contribution in [-0.2, 0) is 9.59 Å². The number of amides is 2. The summed E-state index contributed by atoms with van der Waals surface area (Å²) >= 11 is 1.43. The van der Waals surface area contributed by atoms with Crippen molar-refractivity contribution in [2.45, 2.75) is 0 Å². The standard InChI is InChI=1S/C19H19N5O4S2/c20-19(23(21)15(25)11-29-17(27)13-7-3-1-4-8-13)24(22)16(26)12-30-18(28)14-9-5-2-6-10-14/h1-10,20H,11-12,21-22H2. The lowest BCUT2D eigenvalue weighted by Gasteiger charge is -2.23. The molecule has 156 valence electrons. The van der Waals surface area contributed by atoms with Crippen LogP contribution in [0, 0.1) is 5.41 Å². The summed E-state index contributed by atoms with van der Waals surface area (Å²) in [5, 5.41) is 7.93. The number of carbonyl (C=O) groups excluding carboxylic acids is 4. The number of nitrogens with zero attached hydrogens (tertiary/aromatic N) is 2. The van der Waals surface area contributed by atoms with E-state index >= 15 is 0 Å². The van der Waals surface area contributed by atoms with E-state index in [0.717, 1.165) is 0 Å². The van der Waals surface area contributed by atoms with Crippen LogP contribution < -0.4 is 11.7 Å². The quantitative estimate of drug-likeness (QED) is 0.199. The first kappa shape index (κ1) is 23.3. The topological polar surface area (TPSA) is 151 Å². The highest BCUT2D eigenvalue weighted by atomic mass is 32.2. The van der Waals surface area contributed by atoms with Crippen molar-refractivity contribution < 1.29 is 19.2 Å². The molecule has 0 atom stereocenters. The molecular weight excluding hydrogens is 426 g/mol. The molecule has 0 heterocycles. The van der Waals surface area contributed by atoms with Gasteiger partial charge in [0.2, 0.25) is 16.2 Å². The molecule has 5 N–H and O–H groups in total. The second kappa shape index (κ2) is 11.3. The van der Waals surface area contributed by atoms with Gasteiger partial charge in [-0.3, -0.25) is 24.6 Å². The van der Waals surface area contributed by atoms with Crippen molar-refractivity contribution in [3.8, 4) is 0 Å². The van der Waals surface area contributed by atoms with Crippen LogP contribution in [0.3, 0.4) is 0 Å². The maximum absolute atomic E-state index is 12.1. The smallest absolute Gasteiger partial charge is 0.254 e. The van der Waals surface area contributed by atoms with Crippen LogP contribution >= 0.6 is 23.5 Å². The number of nitrogens with two attached hydrogens (primary N) is 2. The lowest BCUT2D eigenvalue weighted by atomic mass is 10.2. The van der Waals surface area contributed by atoms with Crippen molar-refractivity contribution in [1.29, 1.82) is 5.41 Å². The number of hydrazine groups is 2. The maximum Gasteiger partial charge on any atom is 0.254 e. The molecule has 0 saturated heterocycles. The van der Waals surface area contributed by atoms with E-state index in [4.69, 9.17) is 17.1 Å². The van der Waals surface area contributed by atoms with Gasteiger partial charge >= 0.3 is 0 Å². The second-order valence-corrected chi connectivity index (χ2v) is 7.63. The van der Waals surface area contributed by atoms with E-state index in [9.17, 15) is 19.2 Å². The minimum atomic E-state index is -0.787. The molecule has 2 amide bonds. The zero-order valence-electron chi connectivity index (χ0n) is 15.7. The van der Waals surface area contributed by atoms with Gasteiger partial charge in [0, 0.05) is 11.1 Å². The minimum absolute atomic E-state index is 0.333. The molecular formula is C19H19N5O4S2. The lowest BCUT2D eigenvalue weighted by Crippen LogP contribution is -2.56. The third-order valence-electron chi connectivity index (χ3n) is 3.67. The Bertz CT molecular complexity index is 865. The predicted octanol–water partition coefficient (Wildman–Crippen LogP) is 1.47. The van der Waals surface area contributed by atoms with Crippen LogP contribution in [0.25, 0.3) is 0 Å². The van der Waals surface area contributed by atoms with Crippen LogP contribution in [-0.4, -0.2) is 49.5 Å². The van der Waals surface area contributed by atoms with Gasteiger partial charge in [-0.1, -0.05) is 84.2 Å². The van der Waals surface area contributed by atoms with Gasteiger partial charge in [-0.15, -0.1) is 0 Å². The number of thioether (sulfide) groups is 2. The number of hydrogen-bond donors (Lipinski definition) is 3. The number of guanidine groups is 1. The summed E-state index contributed by atoms with van der Waals surface area (Å²) in [6.45, 7) is 0. The molecule has 30 heavy (non-hydrogen) atoms. The monoisotopic (exact) mass is 445 g/mol. The van der Waals surface area contributed by atoms with Crippen molar-refractivity contribution in [2.75, 3.05) is 11.5 Å². The number of rotatable bonds is 6. The third kappa shape index (κ3) is 6.52. The Morgan fingerprint density at radius 1 is 0.700 bits per heavy atom.